The van der Waals surface area contributed by atoms with Gasteiger partial charge < -0.3 is 49.2 Å². The van der Waals surface area contributed by atoms with Gasteiger partial charge in [0.15, 0.2) is 22.9 Å². The number of carboxylic acids is 1. The van der Waals surface area contributed by atoms with Crippen LogP contribution in [0.5, 0.6) is 5.75 Å². The van der Waals surface area contributed by atoms with E-state index in [9.17, 15) is 34.2 Å². The minimum absolute atomic E-state index is 0.0209. The fourth-order valence-corrected chi connectivity index (χ4v) is 10.0. The number of benzene rings is 3. The molecule has 1 aromatic heterocycles. The number of carbonyl (C=O) groups excluding carboxylic acids is 2. The van der Waals surface area contributed by atoms with Gasteiger partial charge in [-0.15, -0.1) is 0 Å². The van der Waals surface area contributed by atoms with Crippen LogP contribution in [0.1, 0.15) is 70.9 Å². The van der Waals surface area contributed by atoms with Gasteiger partial charge in [-0.2, -0.15) is 0 Å². The predicted octanol–water partition coefficient (Wildman–Crippen LogP) is 6.19. The number of rotatable bonds is 22. The molecule has 7 atom stereocenters. The third-order valence-electron chi connectivity index (χ3n) is 13.6. The Morgan fingerprint density at radius 2 is 1.34 bits per heavy atom. The van der Waals surface area contributed by atoms with Crippen molar-refractivity contribution in [2.45, 2.75) is 147 Å². The molecule has 4 aromatic rings. The van der Waals surface area contributed by atoms with E-state index in [2.05, 4.69) is 57.5 Å². The van der Waals surface area contributed by atoms with Gasteiger partial charge in [0.05, 0.1) is 13.7 Å². The number of hydrogen-bond acceptors (Lipinski definition) is 12. The molecule has 19 heteroatoms. The van der Waals surface area contributed by atoms with Crippen molar-refractivity contribution in [2.24, 2.45) is 0 Å². The highest BCUT2D eigenvalue weighted by Gasteiger charge is 2.57. The SMILES string of the molecule is COc1ccc(Cn2c(=O)ccn([C@@H]3O[C@H](C(O)[C@H](NCCCNC(=O)[C@H](Cc4ccccc4)NC(=O)OCc4ccccc4)C(=O)O)[C@@H](O[Si](C)(C)C(C)(C)C)[C@H]3O[Si](C)(C)C(C)(C)C)c2=O)cc1. The van der Waals surface area contributed by atoms with Gasteiger partial charge in [0.1, 0.15) is 48.9 Å². The summed E-state index contributed by atoms with van der Waals surface area (Å²) in [6.45, 7) is 20.6. The molecule has 0 saturated carbocycles. The quantitative estimate of drug-likeness (QED) is 0.0439. The summed E-state index contributed by atoms with van der Waals surface area (Å²) >= 11 is 0. The van der Waals surface area contributed by atoms with Crippen LogP contribution in [0, 0.1) is 0 Å². The number of amides is 2. The van der Waals surface area contributed by atoms with Crippen molar-refractivity contribution < 1.29 is 47.7 Å². The van der Waals surface area contributed by atoms with Gasteiger partial charge in [-0.05, 0) is 78.1 Å². The molecule has 1 saturated heterocycles. The standard InChI is InChI=1S/C51H73N5O12Si2/c1-50(2,3)69(8,9)67-43-42(66-46(44(43)68-70(10,11)51(4,5)6)55-30-27-39(57)56(49(55)63)32-35-23-25-37(64-7)26-24-35)41(58)40(47(60)61)52-28-18-29-53-45(59)38(31-34-19-14-12-15-20-34)54-48(62)65-33-36-21-16-13-17-22-36/h12-17,19-27,30,38,40-44,46,52,58H,18,28-29,31-33H2,1-11H3,(H,53,59)(H,54,62)(H,60,61)/t38-,40-,41?,42+,43+,44+,46+/m0/s1. The third kappa shape index (κ3) is 14.4. The van der Waals surface area contributed by atoms with Gasteiger partial charge in [0.25, 0.3) is 5.56 Å². The molecule has 2 heterocycles. The zero-order valence-corrected chi connectivity index (χ0v) is 44.4. The Hall–Kier alpha value is -5.42. The zero-order chi connectivity index (χ0) is 51.6. The fourth-order valence-electron chi connectivity index (χ4n) is 7.43. The first-order valence-corrected chi connectivity index (χ1v) is 29.5. The summed E-state index contributed by atoms with van der Waals surface area (Å²) in [6, 6.07) is 24.0. The summed E-state index contributed by atoms with van der Waals surface area (Å²) in [4.78, 5) is 67.4. The zero-order valence-electron chi connectivity index (χ0n) is 42.4. The van der Waals surface area contributed by atoms with Crippen LogP contribution in [0.15, 0.2) is 107 Å². The molecule has 1 fully saturated rings. The van der Waals surface area contributed by atoms with Crippen molar-refractivity contribution in [3.63, 3.8) is 0 Å². The summed E-state index contributed by atoms with van der Waals surface area (Å²) in [5, 5.41) is 30.8. The number of nitrogens with one attached hydrogen (secondary N) is 3. The summed E-state index contributed by atoms with van der Waals surface area (Å²) < 4.78 is 34.0. The van der Waals surface area contributed by atoms with Crippen LogP contribution in [0.25, 0.3) is 0 Å². The number of methoxy groups -OCH3 is 1. The molecule has 1 unspecified atom stereocenters. The van der Waals surface area contributed by atoms with Crippen molar-refractivity contribution in [1.82, 2.24) is 25.1 Å². The number of carbonyl (C=O) groups is 3. The molecule has 0 spiro atoms. The molecule has 17 nitrogen and oxygen atoms in total. The Balaban J connectivity index is 1.39. The van der Waals surface area contributed by atoms with E-state index < -0.39 is 88.6 Å². The van der Waals surface area contributed by atoms with E-state index in [1.54, 1.807) is 31.4 Å². The number of aliphatic hydroxyl groups is 1. The van der Waals surface area contributed by atoms with E-state index in [0.29, 0.717) is 11.3 Å². The molecular weight excluding hydrogens is 931 g/mol. The van der Waals surface area contributed by atoms with Crippen molar-refractivity contribution in [1.29, 1.82) is 0 Å². The predicted molar refractivity (Wildman–Crippen MR) is 272 cm³/mol. The molecule has 382 valence electrons. The van der Waals surface area contributed by atoms with E-state index in [1.807, 2.05) is 86.9 Å². The van der Waals surface area contributed by atoms with Crippen LogP contribution in [0.3, 0.4) is 0 Å². The van der Waals surface area contributed by atoms with Crippen LogP contribution in [0.2, 0.25) is 36.3 Å². The first kappa shape index (κ1) is 55.5. The van der Waals surface area contributed by atoms with Gasteiger partial charge in [0.2, 0.25) is 5.91 Å². The molecule has 0 aliphatic carbocycles. The average molecular weight is 1000 g/mol. The first-order chi connectivity index (χ1) is 32.8. The number of ether oxygens (including phenoxy) is 3. The molecule has 1 aliphatic heterocycles. The van der Waals surface area contributed by atoms with Gasteiger partial charge in [-0.3, -0.25) is 23.5 Å². The highest BCUT2D eigenvalue weighted by molar-refractivity contribution is 6.74. The lowest BCUT2D eigenvalue weighted by Crippen LogP contribution is -2.59. The molecule has 5 rings (SSSR count). The minimum Gasteiger partial charge on any atom is -0.497 e. The molecule has 0 bridgehead atoms. The second kappa shape index (κ2) is 23.7. The van der Waals surface area contributed by atoms with Gasteiger partial charge in [0, 0.05) is 25.2 Å². The molecular formula is C51H73N5O12Si2. The first-order valence-electron chi connectivity index (χ1n) is 23.7. The number of alkyl carbamates (subject to hydrolysis) is 1. The van der Waals surface area contributed by atoms with Crippen LogP contribution in [-0.4, -0.2) is 111 Å². The summed E-state index contributed by atoms with van der Waals surface area (Å²) in [5.41, 5.74) is 1.03. The summed E-state index contributed by atoms with van der Waals surface area (Å²) in [6.07, 6.45) is -5.44. The van der Waals surface area contributed by atoms with E-state index in [0.717, 1.165) is 15.7 Å². The van der Waals surface area contributed by atoms with Gasteiger partial charge >= 0.3 is 17.8 Å². The van der Waals surface area contributed by atoms with Crippen molar-refractivity contribution in [2.75, 3.05) is 20.2 Å². The monoisotopic (exact) mass is 1000 g/mol. The number of carboxylic acid groups (broad SMARTS) is 1. The largest absolute Gasteiger partial charge is 0.497 e. The molecule has 5 N–H and O–H groups in total. The van der Waals surface area contributed by atoms with E-state index in [-0.39, 0.29) is 49.2 Å². The number of hydrogen-bond donors (Lipinski definition) is 5. The maximum atomic E-state index is 14.5. The van der Waals surface area contributed by atoms with Crippen LogP contribution in [-0.2, 0) is 47.5 Å². The normalized spacial score (nSPS) is 18.9. The second-order valence-electron chi connectivity index (χ2n) is 20.8. The van der Waals surface area contributed by atoms with E-state index in [1.165, 1.54) is 16.8 Å². The lowest BCUT2D eigenvalue weighted by atomic mass is 9.99. The van der Waals surface area contributed by atoms with Crippen LogP contribution < -0.4 is 31.9 Å². The summed E-state index contributed by atoms with van der Waals surface area (Å²) in [5.74, 6) is -1.23. The number of aromatic nitrogens is 2. The lowest BCUT2D eigenvalue weighted by molar-refractivity contribution is -0.149. The average Bonchev–Trinajstić information content (AvgIpc) is 3.63. The number of aliphatic carboxylic acids is 1. The molecule has 1 aliphatic rings. The Morgan fingerprint density at radius 3 is 1.90 bits per heavy atom. The fraction of sp³-hybridized carbons (Fsp3) is 0.510. The Kier molecular flexibility index (Phi) is 18.8. The summed E-state index contributed by atoms with van der Waals surface area (Å²) in [7, 11) is -3.97. The number of aliphatic hydroxyl groups excluding tert-OH is 1. The molecule has 0 radical (unpaired) electrons. The van der Waals surface area contributed by atoms with Crippen LogP contribution in [0.4, 0.5) is 4.79 Å². The van der Waals surface area contributed by atoms with Crippen molar-refractivity contribution in [3.05, 3.63) is 135 Å². The van der Waals surface area contributed by atoms with Crippen molar-refractivity contribution in [3.8, 4) is 5.75 Å². The van der Waals surface area contributed by atoms with Gasteiger partial charge in [-0.1, -0.05) is 114 Å². The Labute approximate surface area is 413 Å². The Bertz CT molecular complexity index is 2470. The molecule has 3 aromatic carbocycles. The maximum Gasteiger partial charge on any atom is 0.408 e. The highest BCUT2D eigenvalue weighted by Crippen LogP contribution is 2.46. The third-order valence-corrected chi connectivity index (χ3v) is 22.6. The van der Waals surface area contributed by atoms with Gasteiger partial charge in [-0.25, -0.2) is 9.59 Å². The molecule has 2 amide bonds. The van der Waals surface area contributed by atoms with E-state index in [4.69, 9.17) is 23.1 Å². The van der Waals surface area contributed by atoms with E-state index >= 15 is 0 Å². The second-order valence-corrected chi connectivity index (χ2v) is 30.3. The smallest absolute Gasteiger partial charge is 0.408 e. The number of nitrogens with zero attached hydrogens (tertiary/aromatic N) is 2. The van der Waals surface area contributed by atoms with Crippen molar-refractivity contribution >= 4 is 34.6 Å². The highest BCUT2D eigenvalue weighted by atomic mass is 28.4. The topological polar surface area (TPSA) is 218 Å². The minimum atomic E-state index is -2.77. The lowest BCUT2D eigenvalue weighted by Gasteiger charge is -2.44. The van der Waals surface area contributed by atoms with Crippen LogP contribution >= 0.6 is 0 Å². The Morgan fingerprint density at radius 1 is 0.771 bits per heavy atom. The molecule has 70 heavy (non-hydrogen) atoms. The maximum absolute atomic E-state index is 14.5.